The number of halogens is 1. The van der Waals surface area contributed by atoms with Crippen LogP contribution in [-0.4, -0.2) is 53.3 Å². The van der Waals surface area contributed by atoms with E-state index in [-0.39, 0.29) is 11.5 Å². The number of nitrogens with zero attached hydrogens (tertiary/aromatic N) is 4. The molecule has 0 N–H and O–H groups in total. The molecule has 1 amide bonds. The number of hydrogen-bond acceptors (Lipinski definition) is 5. The molecule has 3 aliphatic rings. The molecule has 29 heavy (non-hydrogen) atoms. The van der Waals surface area contributed by atoms with E-state index < -0.39 is 0 Å². The molecule has 1 saturated carbocycles. The van der Waals surface area contributed by atoms with Crippen LogP contribution in [0.4, 0.5) is 5.82 Å². The number of hydrogen-bond donors (Lipinski definition) is 0. The van der Waals surface area contributed by atoms with Gasteiger partial charge in [0.2, 0.25) is 0 Å². The fourth-order valence-electron chi connectivity index (χ4n) is 4.83. The highest BCUT2D eigenvalue weighted by molar-refractivity contribution is 6.39. The minimum atomic E-state index is -0.254. The molecule has 0 radical (unpaired) electrons. The summed E-state index contributed by atoms with van der Waals surface area (Å²) in [5.74, 6) is 1.52. The Morgan fingerprint density at radius 3 is 2.52 bits per heavy atom. The van der Waals surface area contributed by atoms with Crippen LogP contribution in [0.3, 0.4) is 0 Å². The third-order valence-corrected chi connectivity index (χ3v) is 7.11. The average Bonchev–Trinajstić information content (AvgIpc) is 3.11. The first-order valence-electron chi connectivity index (χ1n) is 10.7. The van der Waals surface area contributed by atoms with Crippen LogP contribution in [-0.2, 0) is 9.63 Å². The largest absolute Gasteiger partial charge is 0.388 e. The van der Waals surface area contributed by atoms with E-state index in [2.05, 4.69) is 35.8 Å². The Hall–Kier alpha value is -1.82. The summed E-state index contributed by atoms with van der Waals surface area (Å²) in [6, 6.07) is 3.68. The second-order valence-electron chi connectivity index (χ2n) is 9.72. The number of rotatable bonds is 2. The van der Waals surface area contributed by atoms with Crippen molar-refractivity contribution in [3.05, 3.63) is 23.4 Å². The van der Waals surface area contributed by atoms with Crippen molar-refractivity contribution >= 4 is 29.0 Å². The van der Waals surface area contributed by atoms with Gasteiger partial charge in [0, 0.05) is 38.8 Å². The Balaban J connectivity index is 1.31. The fourth-order valence-corrected chi connectivity index (χ4v) is 5.07. The van der Waals surface area contributed by atoms with Gasteiger partial charge in [-0.05, 0) is 49.1 Å². The van der Waals surface area contributed by atoms with E-state index in [0.717, 1.165) is 44.6 Å². The predicted molar refractivity (Wildman–Crippen MR) is 115 cm³/mol. The van der Waals surface area contributed by atoms with Crippen molar-refractivity contribution in [2.45, 2.75) is 58.5 Å². The molecule has 6 nitrogen and oxygen atoms in total. The van der Waals surface area contributed by atoms with Crippen LogP contribution in [0.1, 0.15) is 52.9 Å². The molecule has 1 saturated heterocycles. The van der Waals surface area contributed by atoms with Crippen molar-refractivity contribution in [1.82, 2.24) is 9.88 Å². The van der Waals surface area contributed by atoms with Crippen molar-refractivity contribution < 1.29 is 9.63 Å². The molecular formula is C22H31ClN4O2. The van der Waals surface area contributed by atoms with Gasteiger partial charge >= 0.3 is 0 Å². The SMILES string of the molecule is CC(C)(C)C1CCC2(CC1)CC(C(=O)N1CCN(c3ncccc3Cl)CC1)=NO2. The number of carbonyl (C=O) groups excluding carboxylic acids is 1. The maximum atomic E-state index is 13.0. The summed E-state index contributed by atoms with van der Waals surface area (Å²) in [4.78, 5) is 27.3. The third-order valence-electron chi connectivity index (χ3n) is 6.81. The van der Waals surface area contributed by atoms with Crippen molar-refractivity contribution in [3.63, 3.8) is 0 Å². The van der Waals surface area contributed by atoms with Crippen LogP contribution in [0.25, 0.3) is 0 Å². The monoisotopic (exact) mass is 418 g/mol. The molecular weight excluding hydrogens is 388 g/mol. The minimum Gasteiger partial charge on any atom is -0.388 e. The van der Waals surface area contributed by atoms with E-state index in [0.29, 0.717) is 41.6 Å². The fraction of sp³-hybridized carbons (Fsp3) is 0.682. The van der Waals surface area contributed by atoms with Gasteiger partial charge in [0.15, 0.2) is 0 Å². The summed E-state index contributed by atoms with van der Waals surface area (Å²) >= 11 is 6.26. The second kappa shape index (κ2) is 7.78. The predicted octanol–water partition coefficient (Wildman–Crippen LogP) is 4.14. The number of carbonyl (C=O) groups is 1. The highest BCUT2D eigenvalue weighted by Gasteiger charge is 2.46. The molecule has 1 aromatic rings. The summed E-state index contributed by atoms with van der Waals surface area (Å²) in [5.41, 5.74) is 0.662. The van der Waals surface area contributed by atoms with E-state index in [1.54, 1.807) is 6.20 Å². The lowest BCUT2D eigenvalue weighted by Crippen LogP contribution is -2.51. The first-order chi connectivity index (χ1) is 13.8. The molecule has 0 atom stereocenters. The minimum absolute atomic E-state index is 0.0200. The van der Waals surface area contributed by atoms with E-state index in [1.807, 2.05) is 17.0 Å². The molecule has 2 aliphatic heterocycles. The molecule has 158 valence electrons. The van der Waals surface area contributed by atoms with Crippen molar-refractivity contribution in [2.75, 3.05) is 31.1 Å². The van der Waals surface area contributed by atoms with Gasteiger partial charge < -0.3 is 14.6 Å². The van der Waals surface area contributed by atoms with Gasteiger partial charge in [-0.25, -0.2) is 4.98 Å². The highest BCUT2D eigenvalue weighted by Crippen LogP contribution is 2.46. The van der Waals surface area contributed by atoms with E-state index in [1.165, 1.54) is 0 Å². The molecule has 1 spiro atoms. The molecule has 3 heterocycles. The van der Waals surface area contributed by atoms with Gasteiger partial charge in [-0.1, -0.05) is 37.5 Å². The smallest absolute Gasteiger partial charge is 0.271 e. The second-order valence-corrected chi connectivity index (χ2v) is 10.1. The maximum Gasteiger partial charge on any atom is 0.271 e. The Bertz CT molecular complexity index is 788. The van der Waals surface area contributed by atoms with Gasteiger partial charge in [-0.15, -0.1) is 0 Å². The zero-order chi connectivity index (χ0) is 20.6. The van der Waals surface area contributed by atoms with Crippen LogP contribution in [0.5, 0.6) is 0 Å². The highest BCUT2D eigenvalue weighted by atomic mass is 35.5. The summed E-state index contributed by atoms with van der Waals surface area (Å²) < 4.78 is 0. The number of pyridine rings is 1. The van der Waals surface area contributed by atoms with Crippen molar-refractivity contribution in [3.8, 4) is 0 Å². The summed E-state index contributed by atoms with van der Waals surface area (Å²) in [6.45, 7) is 9.66. The molecule has 0 aromatic carbocycles. The topological polar surface area (TPSA) is 58.0 Å². The standard InChI is InChI=1S/C22H31ClN4O2/c1-21(2,3)16-6-8-22(9-7-16)15-18(25-29-22)20(28)27-13-11-26(12-14-27)19-17(23)5-4-10-24-19/h4-5,10,16H,6-9,11-15H2,1-3H3. The molecule has 7 heteroatoms. The number of aromatic nitrogens is 1. The number of oxime groups is 1. The summed E-state index contributed by atoms with van der Waals surface area (Å²) in [6.07, 6.45) is 6.66. The van der Waals surface area contributed by atoms with Gasteiger partial charge in [-0.3, -0.25) is 4.79 Å². The molecule has 0 bridgehead atoms. The summed E-state index contributed by atoms with van der Waals surface area (Å²) in [7, 11) is 0. The van der Waals surface area contributed by atoms with Crippen molar-refractivity contribution in [2.24, 2.45) is 16.5 Å². The van der Waals surface area contributed by atoms with Gasteiger partial charge in [0.1, 0.15) is 17.1 Å². The Morgan fingerprint density at radius 2 is 1.90 bits per heavy atom. The zero-order valence-electron chi connectivity index (χ0n) is 17.7. The van der Waals surface area contributed by atoms with Crippen LogP contribution in [0.2, 0.25) is 5.02 Å². The first-order valence-corrected chi connectivity index (χ1v) is 11.1. The van der Waals surface area contributed by atoms with Gasteiger partial charge in [0.05, 0.1) is 5.02 Å². The summed E-state index contributed by atoms with van der Waals surface area (Å²) in [5, 5.41) is 4.89. The lowest BCUT2D eigenvalue weighted by molar-refractivity contribution is -0.124. The lowest BCUT2D eigenvalue weighted by Gasteiger charge is -2.40. The molecule has 0 unspecified atom stereocenters. The first kappa shape index (κ1) is 20.5. The lowest BCUT2D eigenvalue weighted by atomic mass is 9.67. The molecule has 1 aliphatic carbocycles. The van der Waals surface area contributed by atoms with Crippen molar-refractivity contribution in [1.29, 1.82) is 0 Å². The molecule has 4 rings (SSSR count). The zero-order valence-corrected chi connectivity index (χ0v) is 18.4. The van der Waals surface area contributed by atoms with Crippen LogP contribution < -0.4 is 4.90 Å². The quantitative estimate of drug-likeness (QED) is 0.724. The Labute approximate surface area is 178 Å². The van der Waals surface area contributed by atoms with Crippen LogP contribution >= 0.6 is 11.6 Å². The number of piperazine rings is 1. The Kier molecular flexibility index (Phi) is 5.49. The van der Waals surface area contributed by atoms with E-state index in [4.69, 9.17) is 16.4 Å². The van der Waals surface area contributed by atoms with E-state index in [9.17, 15) is 4.79 Å². The number of anilines is 1. The van der Waals surface area contributed by atoms with Crippen LogP contribution in [0.15, 0.2) is 23.5 Å². The number of amides is 1. The third kappa shape index (κ3) is 4.23. The molecule has 1 aromatic heterocycles. The average molecular weight is 419 g/mol. The Morgan fingerprint density at radius 1 is 1.21 bits per heavy atom. The molecule has 2 fully saturated rings. The van der Waals surface area contributed by atoms with E-state index >= 15 is 0 Å². The van der Waals surface area contributed by atoms with Gasteiger partial charge in [-0.2, -0.15) is 0 Å². The van der Waals surface area contributed by atoms with Crippen LogP contribution in [0, 0.1) is 11.3 Å². The van der Waals surface area contributed by atoms with Gasteiger partial charge in [0.25, 0.3) is 5.91 Å². The normalized spacial score (nSPS) is 27.7. The maximum absolute atomic E-state index is 13.0.